The second-order valence-electron chi connectivity index (χ2n) is 4.75. The molecular weight excluding hydrogens is 415 g/mol. The molecule has 0 amide bonds. The number of halogens is 1. The lowest BCUT2D eigenvalue weighted by Crippen LogP contribution is -3.00. The SMILES string of the molecule is C[n+]1ccccc1-c1nc(C#N)c(C#N)nc1-c1ccccn1.[I-]. The summed E-state index contributed by atoms with van der Waals surface area (Å²) in [6.07, 6.45) is 3.53. The normalized spacial score (nSPS) is 9.46. The summed E-state index contributed by atoms with van der Waals surface area (Å²) in [4.78, 5) is 13.0. The van der Waals surface area contributed by atoms with E-state index in [9.17, 15) is 10.5 Å². The van der Waals surface area contributed by atoms with Crippen LogP contribution in [-0.2, 0) is 7.05 Å². The molecule has 0 aliphatic rings. The van der Waals surface area contributed by atoms with Crippen LogP contribution in [-0.4, -0.2) is 15.0 Å². The highest BCUT2D eigenvalue weighted by Gasteiger charge is 2.22. The molecule has 116 valence electrons. The Hall–Kier alpha value is -2.91. The first-order valence-corrected chi connectivity index (χ1v) is 6.83. The Bertz CT molecular complexity index is 957. The second-order valence-corrected chi connectivity index (χ2v) is 4.75. The van der Waals surface area contributed by atoms with E-state index in [1.807, 2.05) is 54.2 Å². The number of hydrogen-bond donors (Lipinski definition) is 0. The Morgan fingerprint density at radius 1 is 0.917 bits per heavy atom. The van der Waals surface area contributed by atoms with Gasteiger partial charge < -0.3 is 24.0 Å². The zero-order chi connectivity index (χ0) is 16.2. The van der Waals surface area contributed by atoms with Crippen molar-refractivity contribution in [2.24, 2.45) is 7.05 Å². The van der Waals surface area contributed by atoms with E-state index >= 15 is 0 Å². The summed E-state index contributed by atoms with van der Waals surface area (Å²) in [7, 11) is 1.88. The molecule has 6 nitrogen and oxygen atoms in total. The maximum absolute atomic E-state index is 9.23. The minimum Gasteiger partial charge on any atom is -1.00 e. The number of aryl methyl sites for hydroxylation is 1. The fourth-order valence-corrected chi connectivity index (χ4v) is 2.22. The Morgan fingerprint density at radius 3 is 2.17 bits per heavy atom. The highest BCUT2D eigenvalue weighted by Crippen LogP contribution is 2.26. The van der Waals surface area contributed by atoms with Gasteiger partial charge in [-0.15, -0.1) is 0 Å². The lowest BCUT2D eigenvalue weighted by molar-refractivity contribution is -0.660. The molecule has 0 radical (unpaired) electrons. The molecule has 0 atom stereocenters. The third-order valence-corrected chi connectivity index (χ3v) is 3.31. The molecule has 0 unspecified atom stereocenters. The van der Waals surface area contributed by atoms with Gasteiger partial charge in [-0.05, 0) is 18.2 Å². The number of nitriles is 2. The van der Waals surface area contributed by atoms with Crippen molar-refractivity contribution in [2.45, 2.75) is 0 Å². The van der Waals surface area contributed by atoms with Crippen LogP contribution < -0.4 is 28.5 Å². The third-order valence-electron chi connectivity index (χ3n) is 3.31. The van der Waals surface area contributed by atoms with E-state index in [1.54, 1.807) is 18.3 Å². The summed E-state index contributed by atoms with van der Waals surface area (Å²) in [5.41, 5.74) is 2.37. The van der Waals surface area contributed by atoms with Crippen LogP contribution in [0, 0.1) is 22.7 Å². The van der Waals surface area contributed by atoms with Gasteiger partial charge in [0.05, 0.1) is 5.69 Å². The number of hydrogen-bond acceptors (Lipinski definition) is 5. The predicted molar refractivity (Wildman–Crippen MR) is 81.3 cm³/mol. The summed E-state index contributed by atoms with van der Waals surface area (Å²) in [5, 5.41) is 18.4. The quantitative estimate of drug-likeness (QED) is 0.379. The first-order valence-electron chi connectivity index (χ1n) is 6.83. The van der Waals surface area contributed by atoms with Gasteiger partial charge in [0.2, 0.25) is 5.69 Å². The van der Waals surface area contributed by atoms with Crippen molar-refractivity contribution in [3.63, 3.8) is 0 Å². The molecule has 3 aromatic rings. The first kappa shape index (κ1) is 17.4. The molecule has 0 spiro atoms. The van der Waals surface area contributed by atoms with Crippen LogP contribution in [0.25, 0.3) is 22.8 Å². The number of nitrogens with zero attached hydrogens (tertiary/aromatic N) is 6. The molecule has 0 bridgehead atoms. The summed E-state index contributed by atoms with van der Waals surface area (Å²) >= 11 is 0. The lowest BCUT2D eigenvalue weighted by atomic mass is 10.1. The third kappa shape index (κ3) is 3.21. The summed E-state index contributed by atoms with van der Waals surface area (Å²) in [6.45, 7) is 0. The van der Waals surface area contributed by atoms with Crippen LogP contribution >= 0.6 is 0 Å². The molecule has 3 aromatic heterocycles. The summed E-state index contributed by atoms with van der Waals surface area (Å²) < 4.78 is 1.88. The van der Waals surface area contributed by atoms with Crippen molar-refractivity contribution in [1.82, 2.24) is 15.0 Å². The van der Waals surface area contributed by atoms with Crippen molar-refractivity contribution < 1.29 is 28.5 Å². The van der Waals surface area contributed by atoms with Gasteiger partial charge in [0.1, 0.15) is 24.9 Å². The van der Waals surface area contributed by atoms with Crippen LogP contribution in [0.5, 0.6) is 0 Å². The molecule has 0 saturated heterocycles. The summed E-state index contributed by atoms with van der Waals surface area (Å²) in [5.74, 6) is 0. The van der Waals surface area contributed by atoms with Gasteiger partial charge in [0.15, 0.2) is 23.3 Å². The molecule has 24 heavy (non-hydrogen) atoms. The van der Waals surface area contributed by atoms with E-state index in [2.05, 4.69) is 15.0 Å². The van der Waals surface area contributed by atoms with E-state index in [0.717, 1.165) is 5.69 Å². The number of pyridine rings is 2. The standard InChI is InChI=1S/C17H11N6.HI/c1-23-9-5-3-7-15(23)17-16(12-6-2-4-8-20-12)21-13(10-18)14(11-19)22-17;/h2-9H,1H3;1H/q+1;/p-1. The van der Waals surface area contributed by atoms with Crippen molar-refractivity contribution in [2.75, 3.05) is 0 Å². The molecule has 0 aliphatic carbocycles. The lowest BCUT2D eigenvalue weighted by Gasteiger charge is -2.07. The number of rotatable bonds is 2. The van der Waals surface area contributed by atoms with Crippen molar-refractivity contribution in [3.05, 3.63) is 60.2 Å². The minimum absolute atomic E-state index is 0. The van der Waals surface area contributed by atoms with Gasteiger partial charge in [-0.25, -0.2) is 9.97 Å². The Balaban J connectivity index is 0.00000208. The minimum atomic E-state index is -0.00418. The first-order chi connectivity index (χ1) is 11.2. The topological polar surface area (TPSA) is 90.1 Å². The average molecular weight is 426 g/mol. The smallest absolute Gasteiger partial charge is 0.233 e. The van der Waals surface area contributed by atoms with Gasteiger partial charge in [0.25, 0.3) is 0 Å². The Kier molecular flexibility index (Phi) is 5.51. The van der Waals surface area contributed by atoms with Crippen LogP contribution in [0.2, 0.25) is 0 Å². The van der Waals surface area contributed by atoms with Crippen LogP contribution in [0.3, 0.4) is 0 Å². The Morgan fingerprint density at radius 2 is 1.58 bits per heavy atom. The van der Waals surface area contributed by atoms with Gasteiger partial charge in [0, 0.05) is 18.3 Å². The van der Waals surface area contributed by atoms with E-state index in [4.69, 9.17) is 0 Å². The van der Waals surface area contributed by atoms with E-state index in [0.29, 0.717) is 17.1 Å². The van der Waals surface area contributed by atoms with Crippen LogP contribution in [0.4, 0.5) is 0 Å². The van der Waals surface area contributed by atoms with Gasteiger partial charge in [-0.3, -0.25) is 4.98 Å². The fourth-order valence-electron chi connectivity index (χ4n) is 2.22. The van der Waals surface area contributed by atoms with Gasteiger partial charge in [-0.1, -0.05) is 6.07 Å². The zero-order valence-corrected chi connectivity index (χ0v) is 14.8. The maximum atomic E-state index is 9.23. The monoisotopic (exact) mass is 426 g/mol. The molecule has 0 aliphatic heterocycles. The highest BCUT2D eigenvalue weighted by molar-refractivity contribution is 5.73. The molecule has 0 saturated carbocycles. The van der Waals surface area contributed by atoms with Crippen molar-refractivity contribution in [1.29, 1.82) is 10.5 Å². The molecule has 3 heterocycles. The van der Waals surface area contributed by atoms with Crippen molar-refractivity contribution in [3.8, 4) is 34.9 Å². The molecule has 0 N–H and O–H groups in total. The van der Waals surface area contributed by atoms with Crippen molar-refractivity contribution >= 4 is 0 Å². The Labute approximate surface area is 156 Å². The zero-order valence-electron chi connectivity index (χ0n) is 12.7. The van der Waals surface area contributed by atoms with E-state index < -0.39 is 0 Å². The summed E-state index contributed by atoms with van der Waals surface area (Å²) in [6, 6.07) is 14.9. The molecule has 0 fully saturated rings. The molecule has 3 rings (SSSR count). The largest absolute Gasteiger partial charge is 1.00 e. The van der Waals surface area contributed by atoms with Crippen LogP contribution in [0.15, 0.2) is 48.8 Å². The second kappa shape index (κ2) is 7.57. The van der Waals surface area contributed by atoms with Gasteiger partial charge in [-0.2, -0.15) is 15.1 Å². The molecule has 0 aromatic carbocycles. The average Bonchev–Trinajstić information content (AvgIpc) is 2.62. The van der Waals surface area contributed by atoms with Gasteiger partial charge >= 0.3 is 0 Å². The molecule has 7 heteroatoms. The maximum Gasteiger partial charge on any atom is 0.233 e. The fraction of sp³-hybridized carbons (Fsp3) is 0.0588. The predicted octanol–water partition coefficient (Wildman–Crippen LogP) is -1.22. The number of aromatic nitrogens is 4. The molecular formula is C17H11IN6. The van der Waals surface area contributed by atoms with Crippen LogP contribution in [0.1, 0.15) is 11.4 Å². The van der Waals surface area contributed by atoms with E-state index in [1.165, 1.54) is 0 Å². The van der Waals surface area contributed by atoms with E-state index in [-0.39, 0.29) is 35.4 Å². The highest BCUT2D eigenvalue weighted by atomic mass is 127.